The van der Waals surface area contributed by atoms with Crippen LogP contribution < -0.4 is 4.74 Å². The second-order valence-corrected chi connectivity index (χ2v) is 6.98. The Morgan fingerprint density at radius 3 is 2.52 bits per heavy atom. The first-order valence-electron chi connectivity index (χ1n) is 9.98. The number of nitrogens with zero attached hydrogens (tertiary/aromatic N) is 2. The molecule has 29 heavy (non-hydrogen) atoms. The molecule has 0 bridgehead atoms. The fourth-order valence-electron chi connectivity index (χ4n) is 3.54. The Morgan fingerprint density at radius 1 is 0.966 bits per heavy atom. The van der Waals surface area contributed by atoms with E-state index in [1.807, 2.05) is 24.3 Å². The average Bonchev–Trinajstić information content (AvgIpc) is 2.80. The lowest BCUT2D eigenvalue weighted by Crippen LogP contribution is -2.38. The van der Waals surface area contributed by atoms with Gasteiger partial charge in [-0.2, -0.15) is 0 Å². The molecule has 1 fully saturated rings. The van der Waals surface area contributed by atoms with E-state index in [4.69, 9.17) is 14.3 Å². The van der Waals surface area contributed by atoms with Gasteiger partial charge in [-0.1, -0.05) is 47.6 Å². The third kappa shape index (κ3) is 4.75. The summed E-state index contributed by atoms with van der Waals surface area (Å²) in [6.07, 6.45) is 0. The van der Waals surface area contributed by atoms with Crippen LogP contribution in [0, 0.1) is 0 Å². The van der Waals surface area contributed by atoms with E-state index in [-0.39, 0.29) is 0 Å². The van der Waals surface area contributed by atoms with Gasteiger partial charge in [0.15, 0.2) is 0 Å². The van der Waals surface area contributed by atoms with Crippen molar-refractivity contribution < 1.29 is 14.3 Å². The van der Waals surface area contributed by atoms with Crippen molar-refractivity contribution in [3.8, 4) is 5.75 Å². The molecule has 1 heterocycles. The number of hydrogen-bond acceptors (Lipinski definition) is 5. The Morgan fingerprint density at radius 2 is 1.72 bits per heavy atom. The summed E-state index contributed by atoms with van der Waals surface area (Å²) in [6.45, 7) is 4.86. The maximum atomic E-state index is 5.79. The van der Waals surface area contributed by atoms with E-state index in [1.165, 1.54) is 5.39 Å². The molecule has 0 saturated carbocycles. The molecule has 0 atom stereocenters. The van der Waals surface area contributed by atoms with Crippen molar-refractivity contribution in [2.75, 3.05) is 46.6 Å². The van der Waals surface area contributed by atoms with E-state index in [1.54, 1.807) is 7.11 Å². The first-order chi connectivity index (χ1) is 14.3. The Labute approximate surface area is 171 Å². The van der Waals surface area contributed by atoms with Gasteiger partial charge in [-0.05, 0) is 35.0 Å². The van der Waals surface area contributed by atoms with Crippen molar-refractivity contribution in [3.63, 3.8) is 0 Å². The predicted octanol–water partition coefficient (Wildman–Crippen LogP) is 3.95. The van der Waals surface area contributed by atoms with Gasteiger partial charge in [0.05, 0.1) is 20.3 Å². The van der Waals surface area contributed by atoms with Crippen LogP contribution in [0.4, 0.5) is 0 Å². The molecule has 0 aliphatic carbocycles. The van der Waals surface area contributed by atoms with E-state index in [0.717, 1.165) is 60.8 Å². The minimum atomic E-state index is 0.546. The smallest absolute Gasteiger partial charge is 0.129 e. The monoisotopic (exact) mass is 390 g/mol. The molecule has 5 nitrogen and oxygen atoms in total. The second kappa shape index (κ2) is 9.54. The summed E-state index contributed by atoms with van der Waals surface area (Å²) in [5, 5.41) is 6.91. The summed E-state index contributed by atoms with van der Waals surface area (Å²) >= 11 is 0. The van der Waals surface area contributed by atoms with Crippen LogP contribution in [0.15, 0.2) is 71.9 Å². The van der Waals surface area contributed by atoms with Crippen molar-refractivity contribution in [1.82, 2.24) is 4.90 Å². The Kier molecular flexibility index (Phi) is 6.39. The highest BCUT2D eigenvalue weighted by Gasteiger charge is 2.13. The molecule has 0 radical (unpaired) electrons. The molecule has 1 aliphatic heterocycles. The lowest BCUT2D eigenvalue weighted by Gasteiger charge is -2.25. The van der Waals surface area contributed by atoms with Gasteiger partial charge < -0.3 is 14.3 Å². The quantitative estimate of drug-likeness (QED) is 0.348. The SMILES string of the molecule is COc1ccc(/C(=N/OCCN2CCOCC2)c2cccc3ccccc23)cc1. The molecule has 150 valence electrons. The molecule has 3 aromatic rings. The fourth-order valence-corrected chi connectivity index (χ4v) is 3.54. The van der Waals surface area contributed by atoms with E-state index >= 15 is 0 Å². The van der Waals surface area contributed by atoms with Gasteiger partial charge in [0.1, 0.15) is 18.1 Å². The zero-order chi connectivity index (χ0) is 19.9. The molecular weight excluding hydrogens is 364 g/mol. The molecule has 4 rings (SSSR count). The van der Waals surface area contributed by atoms with Gasteiger partial charge in [0, 0.05) is 30.8 Å². The van der Waals surface area contributed by atoms with Crippen LogP contribution in [0.5, 0.6) is 5.75 Å². The first-order valence-corrected chi connectivity index (χ1v) is 9.98. The van der Waals surface area contributed by atoms with E-state index < -0.39 is 0 Å². The number of morpholine rings is 1. The zero-order valence-corrected chi connectivity index (χ0v) is 16.7. The van der Waals surface area contributed by atoms with Crippen molar-refractivity contribution in [2.24, 2.45) is 5.16 Å². The number of fused-ring (bicyclic) bond motifs is 1. The summed E-state index contributed by atoms with van der Waals surface area (Å²) in [5.41, 5.74) is 2.87. The molecule has 1 aliphatic rings. The number of benzene rings is 3. The number of hydrogen-bond donors (Lipinski definition) is 0. The van der Waals surface area contributed by atoms with Crippen LogP contribution in [0.3, 0.4) is 0 Å². The largest absolute Gasteiger partial charge is 0.497 e. The molecule has 0 amide bonds. The number of methoxy groups -OCH3 is 1. The van der Waals surface area contributed by atoms with Gasteiger partial charge in [-0.3, -0.25) is 4.90 Å². The van der Waals surface area contributed by atoms with Crippen molar-refractivity contribution in [1.29, 1.82) is 0 Å². The lowest BCUT2D eigenvalue weighted by molar-refractivity contribution is 0.0212. The third-order valence-electron chi connectivity index (χ3n) is 5.17. The summed E-state index contributed by atoms with van der Waals surface area (Å²) in [7, 11) is 1.67. The summed E-state index contributed by atoms with van der Waals surface area (Å²) in [5.74, 6) is 0.819. The number of oxime groups is 1. The molecule has 1 saturated heterocycles. The lowest BCUT2D eigenvalue weighted by atomic mass is 9.96. The first kappa shape index (κ1) is 19.4. The standard InChI is InChI=1S/C24H26N2O3/c1-27-21-11-9-20(10-12-21)24(25-29-18-15-26-13-16-28-17-14-26)23-8-4-6-19-5-2-3-7-22(19)23/h2-12H,13-18H2,1H3/b25-24-. The summed E-state index contributed by atoms with van der Waals surface area (Å²) < 4.78 is 10.7. The Hall–Kier alpha value is -2.89. The maximum absolute atomic E-state index is 5.79. The van der Waals surface area contributed by atoms with Gasteiger partial charge in [0.2, 0.25) is 0 Å². The second-order valence-electron chi connectivity index (χ2n) is 6.98. The normalized spacial score (nSPS) is 15.4. The zero-order valence-electron chi connectivity index (χ0n) is 16.7. The number of ether oxygens (including phenoxy) is 2. The van der Waals surface area contributed by atoms with Crippen LogP contribution in [0.1, 0.15) is 11.1 Å². The minimum Gasteiger partial charge on any atom is -0.497 e. The van der Waals surface area contributed by atoms with Crippen LogP contribution in [-0.2, 0) is 9.57 Å². The number of rotatable bonds is 7. The topological polar surface area (TPSA) is 43.3 Å². The van der Waals surface area contributed by atoms with Crippen LogP contribution in [0.25, 0.3) is 10.8 Å². The summed E-state index contributed by atoms with van der Waals surface area (Å²) in [6, 6.07) is 22.5. The molecule has 0 spiro atoms. The molecule has 3 aromatic carbocycles. The van der Waals surface area contributed by atoms with Crippen LogP contribution >= 0.6 is 0 Å². The highest BCUT2D eigenvalue weighted by molar-refractivity contribution is 6.19. The van der Waals surface area contributed by atoms with Crippen molar-refractivity contribution in [2.45, 2.75) is 0 Å². The average molecular weight is 390 g/mol. The van der Waals surface area contributed by atoms with Crippen LogP contribution in [0.2, 0.25) is 0 Å². The molecule has 0 N–H and O–H groups in total. The fraction of sp³-hybridized carbons (Fsp3) is 0.292. The van der Waals surface area contributed by atoms with Crippen LogP contribution in [-0.4, -0.2) is 57.2 Å². The summed E-state index contributed by atoms with van der Waals surface area (Å²) in [4.78, 5) is 8.12. The third-order valence-corrected chi connectivity index (χ3v) is 5.17. The van der Waals surface area contributed by atoms with Gasteiger partial charge in [0.25, 0.3) is 0 Å². The van der Waals surface area contributed by atoms with Gasteiger partial charge in [-0.15, -0.1) is 0 Å². The van der Waals surface area contributed by atoms with E-state index in [9.17, 15) is 0 Å². The predicted molar refractivity (Wildman–Crippen MR) is 116 cm³/mol. The minimum absolute atomic E-state index is 0.546. The van der Waals surface area contributed by atoms with E-state index in [2.05, 4.69) is 52.5 Å². The highest BCUT2D eigenvalue weighted by Crippen LogP contribution is 2.23. The van der Waals surface area contributed by atoms with E-state index in [0.29, 0.717) is 6.61 Å². The van der Waals surface area contributed by atoms with Crippen molar-refractivity contribution in [3.05, 3.63) is 77.9 Å². The maximum Gasteiger partial charge on any atom is 0.129 e. The van der Waals surface area contributed by atoms with Gasteiger partial charge >= 0.3 is 0 Å². The Balaban J connectivity index is 1.61. The molecule has 5 heteroatoms. The van der Waals surface area contributed by atoms with Crippen molar-refractivity contribution >= 4 is 16.5 Å². The molecule has 0 aromatic heterocycles. The molecular formula is C24H26N2O3. The Bertz CT molecular complexity index is 958. The van der Waals surface area contributed by atoms with Gasteiger partial charge in [-0.25, -0.2) is 0 Å². The molecule has 0 unspecified atom stereocenters. The highest BCUT2D eigenvalue weighted by atomic mass is 16.6.